The zero-order valence-electron chi connectivity index (χ0n) is 5.54. The summed E-state index contributed by atoms with van der Waals surface area (Å²) in [5, 5.41) is 21.2. The first-order valence-electron chi connectivity index (χ1n) is 3.28. The van der Waals surface area contributed by atoms with Crippen LogP contribution in [0.2, 0.25) is 0 Å². The fraction of sp³-hybridized carbons (Fsp3) is 1.00. The highest BCUT2D eigenvalue weighted by Crippen LogP contribution is 2.09. The molecule has 0 spiro atoms. The van der Waals surface area contributed by atoms with Crippen molar-refractivity contribution in [1.82, 2.24) is 5.32 Å². The second-order valence-electron chi connectivity index (χ2n) is 2.69. The average molecular weight is 131 g/mol. The van der Waals surface area contributed by atoms with Crippen molar-refractivity contribution in [3.05, 3.63) is 0 Å². The lowest BCUT2D eigenvalue weighted by Gasteiger charge is -2.29. The molecule has 0 aromatic rings. The number of nitrogens with one attached hydrogen (secondary N) is 1. The van der Waals surface area contributed by atoms with Crippen LogP contribution in [0.15, 0.2) is 0 Å². The van der Waals surface area contributed by atoms with Crippen molar-refractivity contribution in [1.29, 1.82) is 0 Å². The van der Waals surface area contributed by atoms with E-state index >= 15 is 0 Å². The number of piperidine rings is 1. The Morgan fingerprint density at radius 1 is 1.33 bits per heavy atom. The van der Waals surface area contributed by atoms with Crippen LogP contribution in [0.1, 0.15) is 6.92 Å². The highest BCUT2D eigenvalue weighted by atomic mass is 16.3. The van der Waals surface area contributed by atoms with Gasteiger partial charge in [-0.2, -0.15) is 0 Å². The highest BCUT2D eigenvalue weighted by molar-refractivity contribution is 4.81. The summed E-state index contributed by atoms with van der Waals surface area (Å²) in [6.07, 6.45) is -1.11. The maximum absolute atomic E-state index is 9.16. The van der Waals surface area contributed by atoms with Gasteiger partial charge in [-0.1, -0.05) is 6.92 Å². The Labute approximate surface area is 54.7 Å². The van der Waals surface area contributed by atoms with Gasteiger partial charge in [0.1, 0.15) is 0 Å². The zero-order chi connectivity index (χ0) is 6.85. The second kappa shape index (κ2) is 2.64. The summed E-state index contributed by atoms with van der Waals surface area (Å²) >= 11 is 0. The Balaban J connectivity index is 2.41. The quantitative estimate of drug-likeness (QED) is 0.393. The number of hydrogen-bond acceptors (Lipinski definition) is 3. The first kappa shape index (κ1) is 6.99. The fourth-order valence-corrected chi connectivity index (χ4v) is 1.08. The monoisotopic (exact) mass is 131 g/mol. The van der Waals surface area contributed by atoms with Crippen LogP contribution in [0.4, 0.5) is 0 Å². The lowest BCUT2D eigenvalue weighted by Crippen LogP contribution is -2.49. The minimum absolute atomic E-state index is 0.175. The first-order chi connectivity index (χ1) is 4.22. The molecule has 3 atom stereocenters. The Bertz CT molecular complexity index is 87.1. The van der Waals surface area contributed by atoms with Gasteiger partial charge < -0.3 is 15.5 Å². The fourth-order valence-electron chi connectivity index (χ4n) is 1.08. The number of hydrogen-bond donors (Lipinski definition) is 3. The molecule has 3 nitrogen and oxygen atoms in total. The van der Waals surface area contributed by atoms with E-state index in [0.717, 1.165) is 6.54 Å². The third-order valence-electron chi connectivity index (χ3n) is 1.80. The van der Waals surface area contributed by atoms with Gasteiger partial charge in [-0.15, -0.1) is 0 Å². The smallest absolute Gasteiger partial charge is 0.0926 e. The standard InChI is InChI=1S/C6H13NO2/c1-4-2-7-3-5(8)6(4)9/h4-9H,2-3H2,1H3/t4?,5-,6-/m1/s1. The molecule has 0 aromatic carbocycles. The Morgan fingerprint density at radius 3 is 2.44 bits per heavy atom. The molecule has 0 bridgehead atoms. The van der Waals surface area contributed by atoms with Crippen molar-refractivity contribution in [2.24, 2.45) is 5.92 Å². The molecule has 1 aliphatic heterocycles. The van der Waals surface area contributed by atoms with Crippen molar-refractivity contribution in [3.8, 4) is 0 Å². The molecule has 1 aliphatic rings. The summed E-state index contributed by atoms with van der Waals surface area (Å²) in [6.45, 7) is 3.24. The van der Waals surface area contributed by atoms with Gasteiger partial charge in [0.05, 0.1) is 12.2 Å². The second-order valence-corrected chi connectivity index (χ2v) is 2.69. The SMILES string of the molecule is CC1CNC[C@@H](O)[C@@H]1O. The van der Waals surface area contributed by atoms with E-state index < -0.39 is 12.2 Å². The summed E-state index contributed by atoms with van der Waals surface area (Å²) < 4.78 is 0. The largest absolute Gasteiger partial charge is 0.390 e. The van der Waals surface area contributed by atoms with Gasteiger partial charge in [0.2, 0.25) is 0 Å². The van der Waals surface area contributed by atoms with Gasteiger partial charge >= 0.3 is 0 Å². The van der Waals surface area contributed by atoms with E-state index in [2.05, 4.69) is 5.32 Å². The summed E-state index contributed by atoms with van der Waals surface area (Å²) in [5.74, 6) is 0.175. The number of aliphatic hydroxyl groups is 2. The topological polar surface area (TPSA) is 52.5 Å². The van der Waals surface area contributed by atoms with Crippen molar-refractivity contribution >= 4 is 0 Å². The summed E-state index contributed by atoms with van der Waals surface area (Å²) in [7, 11) is 0. The summed E-state index contributed by atoms with van der Waals surface area (Å²) in [6, 6.07) is 0. The maximum Gasteiger partial charge on any atom is 0.0926 e. The Hall–Kier alpha value is -0.120. The molecule has 1 saturated heterocycles. The molecule has 1 rings (SSSR count). The minimum atomic E-state index is -0.575. The molecule has 1 unspecified atom stereocenters. The van der Waals surface area contributed by atoms with Crippen LogP contribution >= 0.6 is 0 Å². The van der Waals surface area contributed by atoms with E-state index in [1.165, 1.54) is 0 Å². The highest BCUT2D eigenvalue weighted by Gasteiger charge is 2.26. The van der Waals surface area contributed by atoms with E-state index in [9.17, 15) is 0 Å². The van der Waals surface area contributed by atoms with Crippen LogP contribution in [0.25, 0.3) is 0 Å². The van der Waals surface area contributed by atoms with Crippen molar-refractivity contribution in [3.63, 3.8) is 0 Å². The molecule has 3 N–H and O–H groups in total. The van der Waals surface area contributed by atoms with Gasteiger partial charge in [-0.05, 0) is 5.92 Å². The van der Waals surface area contributed by atoms with E-state index in [1.807, 2.05) is 6.92 Å². The normalized spacial score (nSPS) is 45.0. The molecule has 0 amide bonds. The molecule has 1 heterocycles. The maximum atomic E-state index is 9.16. The van der Waals surface area contributed by atoms with Crippen molar-refractivity contribution in [2.75, 3.05) is 13.1 Å². The van der Waals surface area contributed by atoms with Crippen molar-refractivity contribution < 1.29 is 10.2 Å². The molecule has 0 aliphatic carbocycles. The van der Waals surface area contributed by atoms with Gasteiger partial charge in [0, 0.05) is 13.1 Å². The molecule has 0 radical (unpaired) electrons. The lowest BCUT2D eigenvalue weighted by molar-refractivity contribution is -0.0295. The Kier molecular flexibility index (Phi) is 2.05. The number of aliphatic hydroxyl groups excluding tert-OH is 2. The van der Waals surface area contributed by atoms with Gasteiger partial charge in [-0.25, -0.2) is 0 Å². The third kappa shape index (κ3) is 1.41. The summed E-state index contributed by atoms with van der Waals surface area (Å²) in [4.78, 5) is 0. The minimum Gasteiger partial charge on any atom is -0.390 e. The van der Waals surface area contributed by atoms with Gasteiger partial charge in [-0.3, -0.25) is 0 Å². The number of rotatable bonds is 0. The zero-order valence-corrected chi connectivity index (χ0v) is 5.54. The molecular formula is C6H13NO2. The van der Waals surface area contributed by atoms with Gasteiger partial charge in [0.15, 0.2) is 0 Å². The average Bonchev–Trinajstić information content (AvgIpc) is 1.83. The molecule has 54 valence electrons. The van der Waals surface area contributed by atoms with Gasteiger partial charge in [0.25, 0.3) is 0 Å². The summed E-state index contributed by atoms with van der Waals surface area (Å²) in [5.41, 5.74) is 0. The lowest BCUT2D eigenvalue weighted by atomic mass is 9.96. The third-order valence-corrected chi connectivity index (χ3v) is 1.80. The molecule has 1 fully saturated rings. The van der Waals surface area contributed by atoms with Crippen LogP contribution in [0, 0.1) is 5.92 Å². The first-order valence-corrected chi connectivity index (χ1v) is 3.28. The predicted molar refractivity (Wildman–Crippen MR) is 34.0 cm³/mol. The van der Waals surface area contributed by atoms with Crippen LogP contribution in [-0.4, -0.2) is 35.5 Å². The molecule has 0 aromatic heterocycles. The molecule has 0 saturated carbocycles. The van der Waals surface area contributed by atoms with E-state index in [0.29, 0.717) is 6.54 Å². The van der Waals surface area contributed by atoms with Crippen LogP contribution in [-0.2, 0) is 0 Å². The molecular weight excluding hydrogens is 118 g/mol. The van der Waals surface area contributed by atoms with Crippen LogP contribution in [0.5, 0.6) is 0 Å². The van der Waals surface area contributed by atoms with Crippen molar-refractivity contribution in [2.45, 2.75) is 19.1 Å². The molecule has 3 heteroatoms. The molecule has 9 heavy (non-hydrogen) atoms. The van der Waals surface area contributed by atoms with E-state index in [-0.39, 0.29) is 5.92 Å². The van der Waals surface area contributed by atoms with Crippen LogP contribution in [0.3, 0.4) is 0 Å². The predicted octanol–water partition coefficient (Wildman–Crippen LogP) is -1.05. The van der Waals surface area contributed by atoms with Crippen LogP contribution < -0.4 is 5.32 Å². The van der Waals surface area contributed by atoms with E-state index in [4.69, 9.17) is 10.2 Å². The Morgan fingerprint density at radius 2 is 2.00 bits per heavy atom. The number of β-amino-alcohol motifs (C(OH)–C–C–N with tert-alkyl or cyclic N) is 1. The van der Waals surface area contributed by atoms with E-state index in [1.54, 1.807) is 0 Å².